The van der Waals surface area contributed by atoms with E-state index in [1.54, 1.807) is 12.1 Å². The summed E-state index contributed by atoms with van der Waals surface area (Å²) in [7, 11) is 0. The second-order valence-electron chi connectivity index (χ2n) is 2.96. The van der Waals surface area contributed by atoms with Crippen molar-refractivity contribution in [3.63, 3.8) is 0 Å². The summed E-state index contributed by atoms with van der Waals surface area (Å²) in [5.74, 6) is 0.460. The normalized spacial score (nSPS) is 9.92. The Hall–Kier alpha value is -1.38. The maximum Gasteiger partial charge on any atom is 0.197 e. The van der Waals surface area contributed by atoms with Gasteiger partial charge in [0.1, 0.15) is 5.78 Å². The molecule has 0 saturated carbocycles. The minimum Gasteiger partial charge on any atom is -0.461 e. The Balaban J connectivity index is 2.31. The van der Waals surface area contributed by atoms with Crippen LogP contribution in [-0.4, -0.2) is 11.6 Å². The van der Waals surface area contributed by atoms with E-state index in [1.165, 1.54) is 13.2 Å². The predicted molar refractivity (Wildman–Crippen MR) is 47.6 cm³/mol. The Morgan fingerprint density at radius 1 is 1.38 bits per heavy atom. The molecule has 0 unspecified atom stereocenters. The van der Waals surface area contributed by atoms with Gasteiger partial charge in [-0.05, 0) is 25.5 Å². The highest BCUT2D eigenvalue weighted by molar-refractivity contribution is 5.93. The molecule has 70 valence electrons. The molecule has 0 bridgehead atoms. The lowest BCUT2D eigenvalue weighted by Crippen LogP contribution is -1.98. The van der Waals surface area contributed by atoms with Crippen molar-refractivity contribution < 1.29 is 14.0 Å². The zero-order valence-electron chi connectivity index (χ0n) is 7.58. The number of hydrogen-bond donors (Lipinski definition) is 0. The first kappa shape index (κ1) is 9.71. The van der Waals surface area contributed by atoms with Gasteiger partial charge >= 0.3 is 0 Å². The van der Waals surface area contributed by atoms with Gasteiger partial charge < -0.3 is 9.21 Å². The molecule has 13 heavy (non-hydrogen) atoms. The first-order chi connectivity index (χ1) is 6.20. The number of hydrogen-bond acceptors (Lipinski definition) is 3. The van der Waals surface area contributed by atoms with Crippen LogP contribution in [0.3, 0.4) is 0 Å². The second kappa shape index (κ2) is 4.60. The summed E-state index contributed by atoms with van der Waals surface area (Å²) in [5.41, 5.74) is 0. The van der Waals surface area contributed by atoms with E-state index in [0.717, 1.165) is 0 Å². The van der Waals surface area contributed by atoms with Crippen LogP contribution in [0.1, 0.15) is 36.7 Å². The Bertz CT molecular complexity index is 285. The van der Waals surface area contributed by atoms with E-state index < -0.39 is 0 Å². The molecule has 0 amide bonds. The van der Waals surface area contributed by atoms with Crippen LogP contribution in [0.4, 0.5) is 0 Å². The van der Waals surface area contributed by atoms with Crippen LogP contribution in [0.5, 0.6) is 0 Å². The largest absolute Gasteiger partial charge is 0.461 e. The summed E-state index contributed by atoms with van der Waals surface area (Å²) < 4.78 is 4.92. The minimum absolute atomic E-state index is 0.0359. The van der Waals surface area contributed by atoms with Crippen LogP contribution in [0.15, 0.2) is 22.8 Å². The third kappa shape index (κ3) is 3.23. The fourth-order valence-corrected chi connectivity index (χ4v) is 1.06. The molecule has 0 N–H and O–H groups in total. The molecule has 0 aliphatic heterocycles. The van der Waals surface area contributed by atoms with Gasteiger partial charge in [-0.3, -0.25) is 4.79 Å². The van der Waals surface area contributed by atoms with Gasteiger partial charge in [0.25, 0.3) is 0 Å². The van der Waals surface area contributed by atoms with Crippen molar-refractivity contribution in [1.29, 1.82) is 0 Å². The molecule has 1 heterocycles. The lowest BCUT2D eigenvalue weighted by Gasteiger charge is -1.95. The van der Waals surface area contributed by atoms with Gasteiger partial charge in [0.05, 0.1) is 6.26 Å². The van der Waals surface area contributed by atoms with Crippen molar-refractivity contribution in [2.75, 3.05) is 0 Å². The maximum absolute atomic E-state index is 11.3. The van der Waals surface area contributed by atoms with E-state index in [1.807, 2.05) is 0 Å². The van der Waals surface area contributed by atoms with Crippen molar-refractivity contribution in [2.24, 2.45) is 0 Å². The van der Waals surface area contributed by atoms with E-state index in [4.69, 9.17) is 4.42 Å². The standard InChI is InChI=1S/C10H12O3/c1-8(11)4-2-5-9(12)10-6-3-7-13-10/h3,6-7H,2,4-5H2,1H3. The third-order valence-corrected chi connectivity index (χ3v) is 1.73. The van der Waals surface area contributed by atoms with Gasteiger partial charge in [-0.2, -0.15) is 0 Å². The Labute approximate surface area is 76.7 Å². The Kier molecular flexibility index (Phi) is 3.43. The second-order valence-corrected chi connectivity index (χ2v) is 2.96. The highest BCUT2D eigenvalue weighted by Gasteiger charge is 2.07. The predicted octanol–water partition coefficient (Wildman–Crippen LogP) is 2.22. The molecule has 3 heteroatoms. The number of ketones is 2. The fraction of sp³-hybridized carbons (Fsp3) is 0.400. The zero-order valence-corrected chi connectivity index (χ0v) is 7.58. The van der Waals surface area contributed by atoms with Crippen molar-refractivity contribution in [3.8, 4) is 0 Å². The molecular weight excluding hydrogens is 168 g/mol. The molecule has 0 saturated heterocycles. The maximum atomic E-state index is 11.3. The van der Waals surface area contributed by atoms with E-state index in [-0.39, 0.29) is 11.6 Å². The fourth-order valence-electron chi connectivity index (χ4n) is 1.06. The van der Waals surface area contributed by atoms with Gasteiger partial charge in [-0.15, -0.1) is 0 Å². The average Bonchev–Trinajstić information content (AvgIpc) is 2.55. The minimum atomic E-state index is -0.0359. The number of rotatable bonds is 5. The molecule has 0 spiro atoms. The number of carbonyl (C=O) groups is 2. The number of furan rings is 1. The Morgan fingerprint density at radius 3 is 2.69 bits per heavy atom. The highest BCUT2D eigenvalue weighted by Crippen LogP contribution is 2.07. The molecule has 0 atom stereocenters. The van der Waals surface area contributed by atoms with Crippen LogP contribution in [0.2, 0.25) is 0 Å². The van der Waals surface area contributed by atoms with Gasteiger partial charge in [0.2, 0.25) is 0 Å². The van der Waals surface area contributed by atoms with Crippen LogP contribution in [0, 0.1) is 0 Å². The molecule has 1 aromatic rings. The van der Waals surface area contributed by atoms with E-state index >= 15 is 0 Å². The SMILES string of the molecule is CC(=O)CCCC(=O)c1ccco1. The smallest absolute Gasteiger partial charge is 0.197 e. The topological polar surface area (TPSA) is 47.3 Å². The van der Waals surface area contributed by atoms with Gasteiger partial charge in [0, 0.05) is 12.8 Å². The summed E-state index contributed by atoms with van der Waals surface area (Å²) in [4.78, 5) is 21.9. The van der Waals surface area contributed by atoms with Crippen LogP contribution < -0.4 is 0 Å². The Morgan fingerprint density at radius 2 is 2.15 bits per heavy atom. The summed E-state index contributed by atoms with van der Waals surface area (Å²) in [5, 5.41) is 0. The molecule has 1 rings (SSSR count). The lowest BCUT2D eigenvalue weighted by molar-refractivity contribution is -0.117. The highest BCUT2D eigenvalue weighted by atomic mass is 16.3. The quantitative estimate of drug-likeness (QED) is 0.653. The van der Waals surface area contributed by atoms with Gasteiger partial charge in [0.15, 0.2) is 11.5 Å². The molecule has 0 radical (unpaired) electrons. The first-order valence-corrected chi connectivity index (χ1v) is 4.26. The molecule has 1 aromatic heterocycles. The van der Waals surface area contributed by atoms with Gasteiger partial charge in [-0.1, -0.05) is 0 Å². The summed E-state index contributed by atoms with van der Waals surface area (Å²) in [6, 6.07) is 3.31. The van der Waals surface area contributed by atoms with Crippen molar-refractivity contribution >= 4 is 11.6 Å². The molecule has 0 aromatic carbocycles. The van der Waals surface area contributed by atoms with Crippen LogP contribution in [0.25, 0.3) is 0 Å². The van der Waals surface area contributed by atoms with Crippen molar-refractivity contribution in [3.05, 3.63) is 24.2 Å². The summed E-state index contributed by atoms with van der Waals surface area (Å²) in [6.07, 6.45) is 2.92. The molecule has 0 fully saturated rings. The van der Waals surface area contributed by atoms with Crippen molar-refractivity contribution in [2.45, 2.75) is 26.2 Å². The third-order valence-electron chi connectivity index (χ3n) is 1.73. The summed E-state index contributed by atoms with van der Waals surface area (Å²) >= 11 is 0. The molecule has 0 aliphatic rings. The lowest BCUT2D eigenvalue weighted by atomic mass is 10.1. The van der Waals surface area contributed by atoms with Crippen LogP contribution >= 0.6 is 0 Å². The van der Waals surface area contributed by atoms with E-state index in [2.05, 4.69) is 0 Å². The van der Waals surface area contributed by atoms with Crippen molar-refractivity contribution in [1.82, 2.24) is 0 Å². The number of Topliss-reactive ketones (excluding diaryl/α,β-unsaturated/α-hetero) is 2. The molecule has 0 aliphatic carbocycles. The molecular formula is C10H12O3. The summed E-state index contributed by atoms with van der Waals surface area (Å²) in [6.45, 7) is 1.53. The van der Waals surface area contributed by atoms with Gasteiger partial charge in [-0.25, -0.2) is 0 Å². The van der Waals surface area contributed by atoms with Crippen LogP contribution in [-0.2, 0) is 4.79 Å². The average molecular weight is 180 g/mol. The van der Waals surface area contributed by atoms with E-state index in [9.17, 15) is 9.59 Å². The molecule has 3 nitrogen and oxygen atoms in total. The number of carbonyl (C=O) groups excluding carboxylic acids is 2. The zero-order chi connectivity index (χ0) is 9.68. The van der Waals surface area contributed by atoms with E-state index in [0.29, 0.717) is 25.0 Å². The first-order valence-electron chi connectivity index (χ1n) is 4.26. The monoisotopic (exact) mass is 180 g/mol.